The summed E-state index contributed by atoms with van der Waals surface area (Å²) in [5.74, 6) is -1.04. The van der Waals surface area contributed by atoms with Crippen LogP contribution in [0.2, 0.25) is 0 Å². The maximum Gasteiger partial charge on any atom is 0.414 e. The van der Waals surface area contributed by atoms with Gasteiger partial charge in [-0.1, -0.05) is 32.0 Å². The second kappa shape index (κ2) is 13.7. The molecule has 0 bridgehead atoms. The van der Waals surface area contributed by atoms with E-state index < -0.39 is 11.9 Å². The monoisotopic (exact) mass is 460 g/mol. The number of nitrogens with one attached hydrogen (secondary N) is 1. The van der Waals surface area contributed by atoms with E-state index in [4.69, 9.17) is 24.5 Å². The molecule has 1 saturated heterocycles. The number of ketones is 1. The van der Waals surface area contributed by atoms with Gasteiger partial charge in [0.25, 0.3) is 0 Å². The predicted molar refractivity (Wildman–Crippen MR) is 125 cm³/mol. The predicted octanol–water partition coefficient (Wildman–Crippen LogP) is 2.62. The molecule has 0 aliphatic carbocycles. The summed E-state index contributed by atoms with van der Waals surface area (Å²) in [6, 6.07) is 8.50. The van der Waals surface area contributed by atoms with Crippen molar-refractivity contribution in [3.63, 3.8) is 0 Å². The van der Waals surface area contributed by atoms with Crippen LogP contribution in [0.3, 0.4) is 0 Å². The Balaban J connectivity index is 0.000000569. The fourth-order valence-electron chi connectivity index (χ4n) is 3.97. The lowest BCUT2D eigenvalue weighted by Crippen LogP contribution is -2.39. The number of hydrogen-bond acceptors (Lipinski definition) is 6. The van der Waals surface area contributed by atoms with Gasteiger partial charge in [0.05, 0.1) is 13.2 Å². The van der Waals surface area contributed by atoms with Gasteiger partial charge in [0, 0.05) is 13.1 Å². The van der Waals surface area contributed by atoms with E-state index in [0.717, 1.165) is 50.9 Å². The first-order valence-corrected chi connectivity index (χ1v) is 11.6. The van der Waals surface area contributed by atoms with Crippen molar-refractivity contribution in [1.29, 1.82) is 0 Å². The topological polar surface area (TPSA) is 116 Å². The summed E-state index contributed by atoms with van der Waals surface area (Å²) in [6.07, 6.45) is 6.69. The fraction of sp³-hybridized carbons (Fsp3) is 0.560. The number of carbonyl (C=O) groups excluding carboxylic acids is 1. The van der Waals surface area contributed by atoms with E-state index in [1.165, 1.54) is 30.4 Å². The molecule has 33 heavy (non-hydrogen) atoms. The average molecular weight is 461 g/mol. The van der Waals surface area contributed by atoms with Crippen LogP contribution in [0.4, 0.5) is 0 Å². The standard InChI is InChI=1S/C23H34N2O2.C2H2O4/c1-18(2)17-27-23-6-4-3-5-21(23)8-7-19-9-11-25(12-10-19)16-20-13-22(26)15-24-14-20;3-1(4)2(5)6/h3-6,13,18-19,24H,7-12,14-17H2,1-2H3;(H,3,4)(H,5,6). The van der Waals surface area contributed by atoms with E-state index in [9.17, 15) is 4.79 Å². The average Bonchev–Trinajstić information content (AvgIpc) is 2.78. The maximum absolute atomic E-state index is 11.5. The van der Waals surface area contributed by atoms with Gasteiger partial charge in [0.2, 0.25) is 0 Å². The van der Waals surface area contributed by atoms with Crippen LogP contribution in [0.5, 0.6) is 5.75 Å². The highest BCUT2D eigenvalue weighted by atomic mass is 16.5. The molecule has 3 N–H and O–H groups in total. The van der Waals surface area contributed by atoms with Crippen molar-refractivity contribution >= 4 is 17.7 Å². The van der Waals surface area contributed by atoms with Crippen molar-refractivity contribution in [2.45, 2.75) is 39.5 Å². The first-order chi connectivity index (χ1) is 15.7. The number of likely N-dealkylation sites (tertiary alicyclic amines) is 1. The van der Waals surface area contributed by atoms with Gasteiger partial charge in [0.1, 0.15) is 5.75 Å². The van der Waals surface area contributed by atoms with Gasteiger partial charge < -0.3 is 20.3 Å². The largest absolute Gasteiger partial charge is 0.493 e. The third kappa shape index (κ3) is 10.2. The third-order valence-electron chi connectivity index (χ3n) is 5.70. The van der Waals surface area contributed by atoms with Crippen molar-refractivity contribution in [3.05, 3.63) is 41.5 Å². The number of para-hydroxylation sites is 1. The summed E-state index contributed by atoms with van der Waals surface area (Å²) in [7, 11) is 0. The number of carbonyl (C=O) groups is 3. The van der Waals surface area contributed by atoms with Gasteiger partial charge in [-0.05, 0) is 73.9 Å². The SMILES string of the molecule is CC(C)COc1ccccc1CCC1CCN(CC2=CC(=O)CNC2)CC1.O=C(O)C(=O)O. The van der Waals surface area contributed by atoms with Crippen LogP contribution in [0.25, 0.3) is 0 Å². The molecule has 8 heteroatoms. The van der Waals surface area contributed by atoms with Crippen molar-refractivity contribution in [3.8, 4) is 5.75 Å². The number of piperidine rings is 1. The molecule has 0 saturated carbocycles. The van der Waals surface area contributed by atoms with Crippen molar-refractivity contribution in [2.75, 3.05) is 39.3 Å². The summed E-state index contributed by atoms with van der Waals surface area (Å²) in [5.41, 5.74) is 2.58. The number of aliphatic carboxylic acids is 2. The Hall–Kier alpha value is -2.71. The van der Waals surface area contributed by atoms with Crippen molar-refractivity contribution < 1.29 is 29.3 Å². The molecule has 0 aromatic heterocycles. The van der Waals surface area contributed by atoms with Gasteiger partial charge in [-0.15, -0.1) is 0 Å². The minimum Gasteiger partial charge on any atom is -0.493 e. The molecule has 0 unspecified atom stereocenters. The van der Waals surface area contributed by atoms with E-state index in [1.54, 1.807) is 0 Å². The molecule has 1 aromatic carbocycles. The highest BCUT2D eigenvalue weighted by Crippen LogP contribution is 2.26. The van der Waals surface area contributed by atoms with E-state index in [-0.39, 0.29) is 5.78 Å². The molecule has 3 rings (SSSR count). The molecule has 2 heterocycles. The lowest BCUT2D eigenvalue weighted by atomic mass is 9.90. The van der Waals surface area contributed by atoms with Crippen LogP contribution >= 0.6 is 0 Å². The van der Waals surface area contributed by atoms with Crippen LogP contribution < -0.4 is 10.1 Å². The first kappa shape index (κ1) is 26.5. The summed E-state index contributed by atoms with van der Waals surface area (Å²) in [6.45, 7) is 9.73. The van der Waals surface area contributed by atoms with Crippen LogP contribution in [-0.2, 0) is 20.8 Å². The maximum atomic E-state index is 11.5. The second-order valence-electron chi connectivity index (χ2n) is 9.05. The Kier molecular flexibility index (Phi) is 11.1. The number of carboxylic acids is 2. The zero-order chi connectivity index (χ0) is 24.2. The molecule has 182 valence electrons. The molecule has 1 fully saturated rings. The van der Waals surface area contributed by atoms with E-state index >= 15 is 0 Å². The number of hydrogen-bond donors (Lipinski definition) is 3. The fourth-order valence-corrected chi connectivity index (χ4v) is 3.97. The minimum atomic E-state index is -1.82. The lowest BCUT2D eigenvalue weighted by molar-refractivity contribution is -0.159. The first-order valence-electron chi connectivity index (χ1n) is 11.6. The Morgan fingerprint density at radius 2 is 1.79 bits per heavy atom. The van der Waals surface area contributed by atoms with Crippen LogP contribution in [0, 0.1) is 11.8 Å². The normalized spacial score (nSPS) is 17.2. The van der Waals surface area contributed by atoms with Crippen molar-refractivity contribution in [2.24, 2.45) is 11.8 Å². The number of aryl methyl sites for hydroxylation is 1. The van der Waals surface area contributed by atoms with Gasteiger partial charge in [-0.25, -0.2) is 9.59 Å². The molecule has 2 aliphatic heterocycles. The molecule has 1 aromatic rings. The number of ether oxygens (including phenoxy) is 1. The van der Waals surface area contributed by atoms with Crippen LogP contribution in [-0.4, -0.2) is 72.2 Å². The summed E-state index contributed by atoms with van der Waals surface area (Å²) < 4.78 is 6.00. The quantitative estimate of drug-likeness (QED) is 0.507. The lowest BCUT2D eigenvalue weighted by Gasteiger charge is -2.33. The molecule has 8 nitrogen and oxygen atoms in total. The zero-order valence-corrected chi connectivity index (χ0v) is 19.6. The van der Waals surface area contributed by atoms with Crippen LogP contribution in [0.1, 0.15) is 38.7 Å². The molecular formula is C25H36N2O6. The number of rotatable bonds is 8. The van der Waals surface area contributed by atoms with Crippen molar-refractivity contribution in [1.82, 2.24) is 10.2 Å². The van der Waals surface area contributed by atoms with E-state index in [0.29, 0.717) is 12.5 Å². The Bertz CT molecular complexity index is 816. The smallest absolute Gasteiger partial charge is 0.414 e. The van der Waals surface area contributed by atoms with E-state index in [2.05, 4.69) is 48.3 Å². The molecular weight excluding hydrogens is 424 g/mol. The van der Waals surface area contributed by atoms with E-state index in [1.807, 2.05) is 6.08 Å². The Morgan fingerprint density at radius 3 is 2.39 bits per heavy atom. The number of carboxylic acid groups (broad SMARTS) is 2. The summed E-state index contributed by atoms with van der Waals surface area (Å²) in [5, 5.41) is 18.0. The number of benzene rings is 1. The molecule has 0 radical (unpaired) electrons. The molecule has 0 spiro atoms. The Morgan fingerprint density at radius 1 is 1.12 bits per heavy atom. The van der Waals surface area contributed by atoms with Gasteiger partial charge >= 0.3 is 11.9 Å². The third-order valence-corrected chi connectivity index (χ3v) is 5.70. The molecule has 0 atom stereocenters. The Labute approximate surface area is 195 Å². The summed E-state index contributed by atoms with van der Waals surface area (Å²) >= 11 is 0. The minimum absolute atomic E-state index is 0.212. The highest BCUT2D eigenvalue weighted by molar-refractivity contribution is 6.27. The molecule has 2 aliphatic rings. The second-order valence-corrected chi connectivity index (χ2v) is 9.05. The van der Waals surface area contributed by atoms with Gasteiger partial charge in [0.15, 0.2) is 5.78 Å². The zero-order valence-electron chi connectivity index (χ0n) is 19.6. The number of nitrogens with zero attached hydrogens (tertiary/aromatic N) is 1. The summed E-state index contributed by atoms with van der Waals surface area (Å²) in [4.78, 5) is 32.2. The van der Waals surface area contributed by atoms with Gasteiger partial charge in [-0.2, -0.15) is 0 Å². The van der Waals surface area contributed by atoms with Gasteiger partial charge in [-0.3, -0.25) is 9.69 Å². The highest BCUT2D eigenvalue weighted by Gasteiger charge is 2.21. The molecule has 0 amide bonds. The van der Waals surface area contributed by atoms with Crippen LogP contribution in [0.15, 0.2) is 35.9 Å².